The lowest BCUT2D eigenvalue weighted by molar-refractivity contribution is 0.347. The number of thiophene rings is 2. The predicted octanol–water partition coefficient (Wildman–Crippen LogP) is 8.30. The minimum atomic E-state index is 0.286. The number of hydrogen-bond donors (Lipinski definition) is 3. The van der Waals surface area contributed by atoms with Crippen LogP contribution in [0, 0.1) is 9.54 Å². The second-order valence-corrected chi connectivity index (χ2v) is 10.6. The van der Waals surface area contributed by atoms with Crippen LogP contribution in [-0.2, 0) is 0 Å². The molecule has 0 fully saturated rings. The molecule has 38 heavy (non-hydrogen) atoms. The lowest BCUT2D eigenvalue weighted by Gasteiger charge is -2.13. The summed E-state index contributed by atoms with van der Waals surface area (Å²) in [5.41, 5.74) is 6.13. The largest absolute Gasteiger partial charge is 0.484 e. The van der Waals surface area contributed by atoms with Gasteiger partial charge in [0.15, 0.2) is 26.4 Å². The van der Waals surface area contributed by atoms with Crippen molar-refractivity contribution in [2.24, 2.45) is 0 Å². The highest BCUT2D eigenvalue weighted by Crippen LogP contribution is 2.41. The molecule has 0 amide bonds. The van der Waals surface area contributed by atoms with E-state index in [4.69, 9.17) is 38.6 Å². The minimum Gasteiger partial charge on any atom is -0.484 e. The van der Waals surface area contributed by atoms with E-state index in [-0.39, 0.29) is 6.73 Å². The summed E-state index contributed by atoms with van der Waals surface area (Å²) in [6.45, 7) is 5.54. The average molecular weight is 583 g/mol. The van der Waals surface area contributed by atoms with Gasteiger partial charge in [-0.1, -0.05) is 12.1 Å². The van der Waals surface area contributed by atoms with Gasteiger partial charge in [-0.15, -0.1) is 22.7 Å². The molecule has 2 aromatic carbocycles. The van der Waals surface area contributed by atoms with E-state index in [2.05, 4.69) is 50.5 Å². The molecule has 0 atom stereocenters. The Labute approximate surface area is 238 Å². The first-order chi connectivity index (χ1) is 18.6. The van der Waals surface area contributed by atoms with Crippen LogP contribution in [0.1, 0.15) is 13.8 Å². The van der Waals surface area contributed by atoms with Crippen molar-refractivity contribution in [3.05, 3.63) is 74.9 Å². The van der Waals surface area contributed by atoms with E-state index in [1.165, 1.54) is 0 Å². The summed E-state index contributed by atoms with van der Waals surface area (Å²) in [5.74, 6) is 0.757. The standard InChI is InChI=1S/C27H26N4O3S4/c1-3-32-24-10-17(14-37-24)22-9-8-21(13-23(22)18-11-25(33-4-2)38-15-18)34-16-28-19-6-5-7-20(12-19)31-26(35)29-30-27(31)36/h5-15,28H,3-4,16H2,1-2H3,(H,29,35)(H,30,36). The van der Waals surface area contributed by atoms with Crippen molar-refractivity contribution < 1.29 is 14.2 Å². The van der Waals surface area contributed by atoms with E-state index in [9.17, 15) is 0 Å². The maximum atomic E-state index is 6.12. The summed E-state index contributed by atoms with van der Waals surface area (Å²) in [6.07, 6.45) is 0. The molecule has 5 rings (SSSR count). The molecule has 0 unspecified atom stereocenters. The minimum absolute atomic E-state index is 0.286. The molecule has 0 aliphatic heterocycles. The molecule has 5 aromatic rings. The summed E-state index contributed by atoms with van der Waals surface area (Å²) in [6, 6.07) is 18.1. The number of rotatable bonds is 11. The number of H-pyrrole nitrogens is 2. The first-order valence-electron chi connectivity index (χ1n) is 12.0. The molecule has 3 heterocycles. The van der Waals surface area contributed by atoms with Crippen LogP contribution in [0.4, 0.5) is 5.69 Å². The van der Waals surface area contributed by atoms with Gasteiger partial charge in [0.25, 0.3) is 0 Å². The molecular formula is C27H26N4O3S4. The molecule has 0 saturated carbocycles. The number of ether oxygens (including phenoxy) is 3. The van der Waals surface area contributed by atoms with E-state index in [0.29, 0.717) is 22.8 Å². The number of hydrogen-bond acceptors (Lipinski definition) is 8. The normalized spacial score (nSPS) is 10.9. The SMILES string of the molecule is CCOc1cc(-c2ccc(OCNc3cccc(-n4c(=S)[nH][nH]c4=S)c3)cc2-c2csc(OCC)c2)cs1. The maximum Gasteiger partial charge on any atom is 0.198 e. The van der Waals surface area contributed by atoms with Gasteiger partial charge < -0.3 is 19.5 Å². The lowest BCUT2D eigenvalue weighted by Crippen LogP contribution is -2.09. The van der Waals surface area contributed by atoms with Crippen LogP contribution < -0.4 is 19.5 Å². The monoisotopic (exact) mass is 582 g/mol. The van der Waals surface area contributed by atoms with Crippen LogP contribution in [0.2, 0.25) is 0 Å². The summed E-state index contributed by atoms with van der Waals surface area (Å²) < 4.78 is 20.3. The fourth-order valence-corrected chi connectivity index (χ4v) is 6.15. The van der Waals surface area contributed by atoms with Crippen molar-refractivity contribution in [3.8, 4) is 43.8 Å². The molecule has 196 valence electrons. The third-order valence-corrected chi connectivity index (χ3v) is 7.89. The Morgan fingerprint density at radius 2 is 1.45 bits per heavy atom. The Hall–Kier alpha value is -3.38. The second kappa shape index (κ2) is 12.0. The number of benzene rings is 2. The Balaban J connectivity index is 1.37. The van der Waals surface area contributed by atoms with E-state index >= 15 is 0 Å². The number of anilines is 1. The number of aromatic amines is 2. The average Bonchev–Trinajstić information content (AvgIpc) is 3.65. The molecule has 0 aliphatic carbocycles. The van der Waals surface area contributed by atoms with Crippen LogP contribution in [0.15, 0.2) is 65.4 Å². The predicted molar refractivity (Wildman–Crippen MR) is 161 cm³/mol. The van der Waals surface area contributed by atoms with Crippen LogP contribution in [-0.4, -0.2) is 34.7 Å². The summed E-state index contributed by atoms with van der Waals surface area (Å²) in [4.78, 5) is 0. The van der Waals surface area contributed by atoms with Crippen molar-refractivity contribution in [2.45, 2.75) is 13.8 Å². The van der Waals surface area contributed by atoms with Crippen LogP contribution in [0.25, 0.3) is 27.9 Å². The van der Waals surface area contributed by atoms with Crippen LogP contribution in [0.3, 0.4) is 0 Å². The molecule has 0 bridgehead atoms. The van der Waals surface area contributed by atoms with Gasteiger partial charge in [0, 0.05) is 16.4 Å². The van der Waals surface area contributed by atoms with Gasteiger partial charge in [-0.05, 0) is 103 Å². The Bertz CT molecular complexity index is 1620. The Morgan fingerprint density at radius 1 is 0.789 bits per heavy atom. The Kier molecular flexibility index (Phi) is 8.28. The van der Waals surface area contributed by atoms with Crippen molar-refractivity contribution >= 4 is 52.8 Å². The van der Waals surface area contributed by atoms with E-state index in [1.807, 2.05) is 44.2 Å². The fourth-order valence-electron chi connectivity index (χ4n) is 3.96. The van der Waals surface area contributed by atoms with Gasteiger partial charge in [-0.25, -0.2) is 0 Å². The van der Waals surface area contributed by atoms with Gasteiger partial charge in [0.2, 0.25) is 0 Å². The zero-order valence-corrected chi connectivity index (χ0v) is 24.0. The number of nitrogens with zero attached hydrogens (tertiary/aromatic N) is 1. The maximum absolute atomic E-state index is 6.12. The lowest BCUT2D eigenvalue weighted by atomic mass is 9.97. The van der Waals surface area contributed by atoms with E-state index in [0.717, 1.165) is 49.5 Å². The second-order valence-electron chi connectivity index (χ2n) is 8.09. The van der Waals surface area contributed by atoms with Gasteiger partial charge in [-0.2, -0.15) is 0 Å². The summed E-state index contributed by atoms with van der Waals surface area (Å²) >= 11 is 13.8. The van der Waals surface area contributed by atoms with Crippen LogP contribution in [0.5, 0.6) is 15.9 Å². The van der Waals surface area contributed by atoms with Crippen molar-refractivity contribution in [1.82, 2.24) is 14.8 Å². The van der Waals surface area contributed by atoms with Crippen molar-refractivity contribution in [3.63, 3.8) is 0 Å². The summed E-state index contributed by atoms with van der Waals surface area (Å²) in [5, 5.41) is 15.1. The molecular weight excluding hydrogens is 557 g/mol. The van der Waals surface area contributed by atoms with E-state index in [1.54, 1.807) is 27.2 Å². The first-order valence-corrected chi connectivity index (χ1v) is 14.6. The zero-order valence-electron chi connectivity index (χ0n) is 20.8. The fraction of sp³-hybridized carbons (Fsp3) is 0.185. The molecule has 3 aromatic heterocycles. The third-order valence-electron chi connectivity index (χ3n) is 5.64. The first kappa shape index (κ1) is 26.2. The quantitative estimate of drug-likeness (QED) is 0.107. The zero-order chi connectivity index (χ0) is 26.5. The molecule has 0 spiro atoms. The van der Waals surface area contributed by atoms with Crippen molar-refractivity contribution in [2.75, 3.05) is 25.3 Å². The van der Waals surface area contributed by atoms with Gasteiger partial charge in [0.05, 0.1) is 18.9 Å². The summed E-state index contributed by atoms with van der Waals surface area (Å²) in [7, 11) is 0. The molecule has 0 aliphatic rings. The topological polar surface area (TPSA) is 76.2 Å². The smallest absolute Gasteiger partial charge is 0.198 e. The molecule has 11 heteroatoms. The third kappa shape index (κ3) is 5.86. The molecule has 7 nitrogen and oxygen atoms in total. The van der Waals surface area contributed by atoms with E-state index < -0.39 is 0 Å². The van der Waals surface area contributed by atoms with Crippen molar-refractivity contribution in [1.29, 1.82) is 0 Å². The number of aromatic nitrogens is 3. The molecule has 0 saturated heterocycles. The van der Waals surface area contributed by atoms with Gasteiger partial charge in [-0.3, -0.25) is 14.8 Å². The number of nitrogens with one attached hydrogen (secondary N) is 3. The molecule has 3 N–H and O–H groups in total. The highest BCUT2D eigenvalue weighted by Gasteiger charge is 2.14. The highest BCUT2D eigenvalue weighted by atomic mass is 32.1. The Morgan fingerprint density at radius 3 is 2.11 bits per heavy atom. The molecule has 0 radical (unpaired) electrons. The van der Waals surface area contributed by atoms with Gasteiger partial charge >= 0.3 is 0 Å². The van der Waals surface area contributed by atoms with Gasteiger partial charge in [0.1, 0.15) is 5.75 Å². The van der Waals surface area contributed by atoms with Crippen LogP contribution >= 0.6 is 47.1 Å². The highest BCUT2D eigenvalue weighted by molar-refractivity contribution is 7.72.